The molecule has 19 heavy (non-hydrogen) atoms. The lowest BCUT2D eigenvalue weighted by atomic mass is 10.1. The highest BCUT2D eigenvalue weighted by atomic mass is 15.1. The van der Waals surface area contributed by atoms with Crippen LogP contribution in [0.5, 0.6) is 0 Å². The first-order valence-corrected chi connectivity index (χ1v) is 7.20. The lowest BCUT2D eigenvalue weighted by molar-refractivity contribution is 0.420. The minimum atomic E-state index is 0.199. The molecule has 0 aliphatic rings. The number of nitrogens with one attached hydrogen (secondary N) is 1. The van der Waals surface area contributed by atoms with Crippen LogP contribution in [0.25, 0.3) is 11.0 Å². The monoisotopic (exact) mass is 259 g/mol. The average Bonchev–Trinajstić information content (AvgIpc) is 2.71. The van der Waals surface area contributed by atoms with Gasteiger partial charge in [0, 0.05) is 18.5 Å². The van der Waals surface area contributed by atoms with Crippen LogP contribution in [0, 0.1) is 0 Å². The van der Waals surface area contributed by atoms with Crippen molar-refractivity contribution in [2.24, 2.45) is 0 Å². The van der Waals surface area contributed by atoms with Gasteiger partial charge in [-0.25, -0.2) is 4.98 Å². The number of nitrogens with zero attached hydrogens (tertiary/aromatic N) is 2. The van der Waals surface area contributed by atoms with Crippen molar-refractivity contribution in [1.82, 2.24) is 14.9 Å². The fourth-order valence-electron chi connectivity index (χ4n) is 2.38. The van der Waals surface area contributed by atoms with Gasteiger partial charge in [0.15, 0.2) is 0 Å². The standard InChI is InChI=1S/C16H25N3/c1-5-19-14-10-7-6-9-13(14)18-15(19)11-8-12-17-16(2,3)4/h6-7,9-10,17H,5,8,11-12H2,1-4H3. The van der Waals surface area contributed by atoms with Gasteiger partial charge in [-0.1, -0.05) is 12.1 Å². The Morgan fingerprint density at radius 2 is 1.95 bits per heavy atom. The second-order valence-electron chi connectivity index (χ2n) is 6.04. The van der Waals surface area contributed by atoms with E-state index in [-0.39, 0.29) is 5.54 Å². The summed E-state index contributed by atoms with van der Waals surface area (Å²) >= 11 is 0. The Morgan fingerprint density at radius 1 is 1.21 bits per heavy atom. The predicted molar refractivity (Wildman–Crippen MR) is 81.5 cm³/mol. The van der Waals surface area contributed by atoms with E-state index in [0.717, 1.165) is 31.4 Å². The number of benzene rings is 1. The smallest absolute Gasteiger partial charge is 0.109 e. The molecule has 0 saturated heterocycles. The predicted octanol–water partition coefficient (Wildman–Crippen LogP) is 3.38. The molecule has 0 unspecified atom stereocenters. The number of para-hydroxylation sites is 2. The number of imidazole rings is 1. The molecule has 2 aromatic rings. The van der Waals surface area contributed by atoms with Gasteiger partial charge in [-0.3, -0.25) is 0 Å². The summed E-state index contributed by atoms with van der Waals surface area (Å²) in [5, 5.41) is 3.53. The SMILES string of the molecule is CCn1c(CCCNC(C)(C)C)nc2ccccc21. The summed E-state index contributed by atoms with van der Waals surface area (Å²) in [5.74, 6) is 1.21. The highest BCUT2D eigenvalue weighted by Gasteiger charge is 2.10. The van der Waals surface area contributed by atoms with Gasteiger partial charge in [-0.2, -0.15) is 0 Å². The molecular weight excluding hydrogens is 234 g/mol. The van der Waals surface area contributed by atoms with Crippen molar-refractivity contribution in [3.05, 3.63) is 30.1 Å². The van der Waals surface area contributed by atoms with Gasteiger partial charge in [-0.05, 0) is 52.8 Å². The zero-order chi connectivity index (χ0) is 13.9. The van der Waals surface area contributed by atoms with Crippen LogP contribution in [0.15, 0.2) is 24.3 Å². The fraction of sp³-hybridized carbons (Fsp3) is 0.562. The van der Waals surface area contributed by atoms with Crippen LogP contribution >= 0.6 is 0 Å². The molecule has 0 aliphatic carbocycles. The second kappa shape index (κ2) is 5.74. The molecule has 0 radical (unpaired) electrons. The number of aromatic nitrogens is 2. The first-order chi connectivity index (χ1) is 9.01. The highest BCUT2D eigenvalue weighted by molar-refractivity contribution is 5.75. The largest absolute Gasteiger partial charge is 0.328 e. The van der Waals surface area contributed by atoms with E-state index in [1.165, 1.54) is 11.3 Å². The number of rotatable bonds is 5. The lowest BCUT2D eigenvalue weighted by Gasteiger charge is -2.20. The van der Waals surface area contributed by atoms with Gasteiger partial charge in [0.05, 0.1) is 11.0 Å². The number of hydrogen-bond donors (Lipinski definition) is 1. The Kier molecular flexibility index (Phi) is 4.25. The van der Waals surface area contributed by atoms with E-state index in [0.29, 0.717) is 0 Å². The zero-order valence-corrected chi connectivity index (χ0v) is 12.5. The molecule has 3 nitrogen and oxygen atoms in total. The summed E-state index contributed by atoms with van der Waals surface area (Å²) in [5.41, 5.74) is 2.57. The molecule has 1 heterocycles. The number of aryl methyl sites for hydroxylation is 2. The Labute approximate surface area is 116 Å². The lowest BCUT2D eigenvalue weighted by Crippen LogP contribution is -2.36. The molecule has 1 aromatic heterocycles. The average molecular weight is 259 g/mol. The van der Waals surface area contributed by atoms with Crippen LogP contribution in [0.2, 0.25) is 0 Å². The highest BCUT2D eigenvalue weighted by Crippen LogP contribution is 2.16. The van der Waals surface area contributed by atoms with Gasteiger partial charge in [0.1, 0.15) is 5.82 Å². The number of hydrogen-bond acceptors (Lipinski definition) is 2. The molecule has 1 N–H and O–H groups in total. The molecule has 0 atom stereocenters. The van der Waals surface area contributed by atoms with Crippen molar-refractivity contribution < 1.29 is 0 Å². The van der Waals surface area contributed by atoms with Gasteiger partial charge in [0.2, 0.25) is 0 Å². The third kappa shape index (κ3) is 3.57. The van der Waals surface area contributed by atoms with Crippen molar-refractivity contribution in [2.75, 3.05) is 6.54 Å². The number of fused-ring (bicyclic) bond motifs is 1. The molecule has 0 fully saturated rings. The summed E-state index contributed by atoms with van der Waals surface area (Å²) < 4.78 is 2.33. The Morgan fingerprint density at radius 3 is 2.63 bits per heavy atom. The molecule has 3 heteroatoms. The molecule has 0 bridgehead atoms. The molecule has 2 rings (SSSR count). The molecule has 0 aliphatic heterocycles. The van der Waals surface area contributed by atoms with Crippen molar-refractivity contribution in [2.45, 2.75) is 52.6 Å². The topological polar surface area (TPSA) is 29.9 Å². The normalized spacial score (nSPS) is 12.2. The Bertz CT molecular complexity index is 534. The second-order valence-corrected chi connectivity index (χ2v) is 6.04. The van der Waals surface area contributed by atoms with E-state index in [4.69, 9.17) is 4.98 Å². The van der Waals surface area contributed by atoms with Crippen LogP contribution in [0.4, 0.5) is 0 Å². The first kappa shape index (κ1) is 14.1. The van der Waals surface area contributed by atoms with Crippen molar-refractivity contribution in [3.8, 4) is 0 Å². The minimum Gasteiger partial charge on any atom is -0.328 e. The molecule has 0 saturated carbocycles. The van der Waals surface area contributed by atoms with E-state index < -0.39 is 0 Å². The first-order valence-electron chi connectivity index (χ1n) is 7.20. The van der Waals surface area contributed by atoms with Gasteiger partial charge < -0.3 is 9.88 Å². The summed E-state index contributed by atoms with van der Waals surface area (Å²) in [7, 11) is 0. The quantitative estimate of drug-likeness (QED) is 0.834. The molecule has 104 valence electrons. The summed E-state index contributed by atoms with van der Waals surface area (Å²) in [4.78, 5) is 4.75. The van der Waals surface area contributed by atoms with Crippen molar-refractivity contribution in [3.63, 3.8) is 0 Å². The minimum absolute atomic E-state index is 0.199. The maximum atomic E-state index is 4.75. The Hall–Kier alpha value is -1.35. The zero-order valence-electron chi connectivity index (χ0n) is 12.5. The van der Waals surface area contributed by atoms with Crippen LogP contribution in [0.1, 0.15) is 39.9 Å². The van der Waals surface area contributed by atoms with E-state index >= 15 is 0 Å². The van der Waals surface area contributed by atoms with Gasteiger partial charge in [0.25, 0.3) is 0 Å². The van der Waals surface area contributed by atoms with Crippen molar-refractivity contribution >= 4 is 11.0 Å². The summed E-state index contributed by atoms with van der Waals surface area (Å²) in [6.45, 7) is 10.8. The molecular formula is C16H25N3. The van der Waals surface area contributed by atoms with E-state index in [2.05, 4.69) is 61.8 Å². The summed E-state index contributed by atoms with van der Waals surface area (Å²) in [6.07, 6.45) is 2.16. The van der Waals surface area contributed by atoms with Crippen LogP contribution in [0.3, 0.4) is 0 Å². The van der Waals surface area contributed by atoms with Crippen LogP contribution in [-0.2, 0) is 13.0 Å². The fourth-order valence-corrected chi connectivity index (χ4v) is 2.38. The Balaban J connectivity index is 2.04. The van der Waals surface area contributed by atoms with E-state index in [1.54, 1.807) is 0 Å². The van der Waals surface area contributed by atoms with E-state index in [9.17, 15) is 0 Å². The van der Waals surface area contributed by atoms with Crippen LogP contribution < -0.4 is 5.32 Å². The van der Waals surface area contributed by atoms with Crippen molar-refractivity contribution in [1.29, 1.82) is 0 Å². The summed E-state index contributed by atoms with van der Waals surface area (Å²) in [6, 6.07) is 8.39. The van der Waals surface area contributed by atoms with Gasteiger partial charge >= 0.3 is 0 Å². The third-order valence-corrected chi connectivity index (χ3v) is 3.28. The molecule has 0 spiro atoms. The molecule has 0 amide bonds. The van der Waals surface area contributed by atoms with Crippen LogP contribution in [-0.4, -0.2) is 21.6 Å². The maximum absolute atomic E-state index is 4.75. The molecule has 1 aromatic carbocycles. The van der Waals surface area contributed by atoms with E-state index in [1.807, 2.05) is 0 Å². The third-order valence-electron chi connectivity index (χ3n) is 3.28. The maximum Gasteiger partial charge on any atom is 0.109 e. The van der Waals surface area contributed by atoms with Gasteiger partial charge in [-0.15, -0.1) is 0 Å².